The van der Waals surface area contributed by atoms with Crippen molar-refractivity contribution in [3.63, 3.8) is 0 Å². The second-order valence-electron chi connectivity index (χ2n) is 7.20. The molecule has 0 aliphatic carbocycles. The highest BCUT2D eigenvalue weighted by molar-refractivity contribution is 9.10. The second kappa shape index (κ2) is 14.1. The Morgan fingerprint density at radius 3 is 2.17 bits per heavy atom. The van der Waals surface area contributed by atoms with E-state index in [1.165, 1.54) is 12.3 Å². The predicted octanol–water partition coefficient (Wildman–Crippen LogP) is 6.30. The van der Waals surface area contributed by atoms with E-state index in [1.54, 1.807) is 38.5 Å². The van der Waals surface area contributed by atoms with E-state index in [0.29, 0.717) is 16.6 Å². The maximum atomic E-state index is 12.6. The number of hydrogen-bond acceptors (Lipinski definition) is 7. The Kier molecular flexibility index (Phi) is 11.6. The molecule has 0 aliphatic heterocycles. The summed E-state index contributed by atoms with van der Waals surface area (Å²) in [4.78, 5) is 31.1. The summed E-state index contributed by atoms with van der Waals surface area (Å²) in [7, 11) is 0. The van der Waals surface area contributed by atoms with Gasteiger partial charge in [-0.15, -0.1) is 0 Å². The fraction of sp³-hybridized carbons (Fsp3) is 0.333. The molecule has 0 fully saturated rings. The van der Waals surface area contributed by atoms with Crippen LogP contribution in [0.25, 0.3) is 0 Å². The van der Waals surface area contributed by atoms with E-state index >= 15 is 0 Å². The van der Waals surface area contributed by atoms with Gasteiger partial charge in [0.2, 0.25) is 5.76 Å². The van der Waals surface area contributed by atoms with E-state index in [9.17, 15) is 22.8 Å². The highest BCUT2D eigenvalue weighted by Crippen LogP contribution is 2.32. The van der Waals surface area contributed by atoms with E-state index in [-0.39, 0.29) is 31.2 Å². The standard InChI is InChI=1S/C15H13BrF3NO3.C9H10BrNO2/c1-2-22-14(21)12(9-5-10(16)8-20-7-9)6-11-3-4-13(23-11)15(17,18)19;1-2-13-9(12)4-7-3-8(10)6-11-5-7/h3-5,7-8,12H,2,6H2,1H3;3,5-6H,2,4H2,1H3. The van der Waals surface area contributed by atoms with Gasteiger partial charge in [0, 0.05) is 40.2 Å². The Morgan fingerprint density at radius 1 is 0.972 bits per heavy atom. The van der Waals surface area contributed by atoms with Gasteiger partial charge in [-0.05, 0) is 81.1 Å². The Balaban J connectivity index is 0.000000297. The monoisotopic (exact) mass is 634 g/mol. The van der Waals surface area contributed by atoms with Gasteiger partial charge in [0.15, 0.2) is 0 Å². The number of carbonyl (C=O) groups is 2. The van der Waals surface area contributed by atoms with E-state index in [1.807, 2.05) is 6.07 Å². The number of esters is 2. The summed E-state index contributed by atoms with van der Waals surface area (Å²) in [5.41, 5.74) is 1.38. The number of halogens is 5. The van der Waals surface area contributed by atoms with Crippen molar-refractivity contribution in [3.8, 4) is 0 Å². The van der Waals surface area contributed by atoms with Crippen molar-refractivity contribution in [2.45, 2.75) is 38.8 Å². The van der Waals surface area contributed by atoms with E-state index in [2.05, 4.69) is 41.8 Å². The molecule has 7 nitrogen and oxygen atoms in total. The third kappa shape index (κ3) is 9.73. The van der Waals surface area contributed by atoms with Crippen molar-refractivity contribution in [1.82, 2.24) is 9.97 Å². The zero-order valence-corrected chi connectivity index (χ0v) is 22.5. The van der Waals surface area contributed by atoms with Crippen LogP contribution in [-0.4, -0.2) is 35.1 Å². The zero-order valence-electron chi connectivity index (χ0n) is 19.4. The van der Waals surface area contributed by atoms with Gasteiger partial charge >= 0.3 is 18.1 Å². The lowest BCUT2D eigenvalue weighted by Crippen LogP contribution is -2.18. The lowest BCUT2D eigenvalue weighted by molar-refractivity contribution is -0.153. The molecule has 0 radical (unpaired) electrons. The number of alkyl halides is 3. The first-order chi connectivity index (χ1) is 17.0. The molecule has 0 spiro atoms. The molecule has 1 atom stereocenters. The highest BCUT2D eigenvalue weighted by atomic mass is 79.9. The zero-order chi connectivity index (χ0) is 26.7. The number of hydrogen-bond donors (Lipinski definition) is 0. The number of carbonyl (C=O) groups excluding carboxylic acids is 2. The molecule has 0 bridgehead atoms. The Labute approximate surface area is 222 Å². The van der Waals surface area contributed by atoms with Crippen LogP contribution in [-0.2, 0) is 38.1 Å². The normalized spacial score (nSPS) is 11.8. The molecule has 3 rings (SSSR count). The van der Waals surface area contributed by atoms with Crippen molar-refractivity contribution in [2.75, 3.05) is 13.2 Å². The molecule has 12 heteroatoms. The molecule has 36 heavy (non-hydrogen) atoms. The molecule has 3 heterocycles. The lowest BCUT2D eigenvalue weighted by Gasteiger charge is -2.15. The fourth-order valence-electron chi connectivity index (χ4n) is 2.97. The summed E-state index contributed by atoms with van der Waals surface area (Å²) in [6.07, 6.45) is 2.01. The minimum atomic E-state index is -4.56. The smallest absolute Gasteiger partial charge is 0.449 e. The van der Waals surface area contributed by atoms with Gasteiger partial charge in [0.1, 0.15) is 5.76 Å². The third-order valence-corrected chi connectivity index (χ3v) is 5.33. The van der Waals surface area contributed by atoms with Gasteiger partial charge in [-0.25, -0.2) is 0 Å². The first kappa shape index (κ1) is 29.5. The second-order valence-corrected chi connectivity index (χ2v) is 9.03. The van der Waals surface area contributed by atoms with Gasteiger partial charge < -0.3 is 13.9 Å². The first-order valence-corrected chi connectivity index (χ1v) is 12.3. The number of nitrogens with zero attached hydrogens (tertiary/aromatic N) is 2. The molecule has 0 amide bonds. The maximum Gasteiger partial charge on any atom is 0.449 e. The number of rotatable bonds is 8. The molecule has 0 saturated carbocycles. The summed E-state index contributed by atoms with van der Waals surface area (Å²) in [6.45, 7) is 4.03. The molecular weight excluding hydrogens is 613 g/mol. The van der Waals surface area contributed by atoms with E-state index in [4.69, 9.17) is 13.9 Å². The third-order valence-electron chi connectivity index (χ3n) is 4.46. The quantitative estimate of drug-likeness (QED) is 0.269. The number of furan rings is 1. The van der Waals surface area contributed by atoms with Crippen LogP contribution >= 0.6 is 31.9 Å². The predicted molar refractivity (Wildman–Crippen MR) is 131 cm³/mol. The van der Waals surface area contributed by atoms with Crippen LogP contribution in [0.15, 0.2) is 62.4 Å². The highest BCUT2D eigenvalue weighted by Gasteiger charge is 2.35. The fourth-order valence-corrected chi connectivity index (χ4v) is 3.77. The number of pyridine rings is 2. The molecule has 0 N–H and O–H groups in total. The van der Waals surface area contributed by atoms with Gasteiger partial charge in [0.25, 0.3) is 0 Å². The lowest BCUT2D eigenvalue weighted by atomic mass is 9.96. The molecular formula is C24H23Br2F3N2O5. The summed E-state index contributed by atoms with van der Waals surface area (Å²) in [6, 6.07) is 5.57. The van der Waals surface area contributed by atoms with Gasteiger partial charge in [-0.1, -0.05) is 0 Å². The van der Waals surface area contributed by atoms with Crippen LogP contribution in [0.3, 0.4) is 0 Å². The molecule has 194 valence electrons. The van der Waals surface area contributed by atoms with Crippen LogP contribution in [0, 0.1) is 0 Å². The Hall–Kier alpha value is -2.73. The van der Waals surface area contributed by atoms with Gasteiger partial charge in [-0.2, -0.15) is 13.2 Å². The van der Waals surface area contributed by atoms with Crippen molar-refractivity contribution >= 4 is 43.8 Å². The van der Waals surface area contributed by atoms with Crippen LogP contribution in [0.5, 0.6) is 0 Å². The van der Waals surface area contributed by atoms with Crippen LogP contribution in [0.4, 0.5) is 13.2 Å². The molecule has 0 aliphatic rings. The Morgan fingerprint density at radius 2 is 1.61 bits per heavy atom. The molecule has 0 saturated heterocycles. The van der Waals surface area contributed by atoms with E-state index in [0.717, 1.165) is 16.1 Å². The minimum Gasteiger partial charge on any atom is -0.466 e. The summed E-state index contributed by atoms with van der Waals surface area (Å²) >= 11 is 6.52. The summed E-state index contributed by atoms with van der Waals surface area (Å²) in [5.74, 6) is -2.61. The summed E-state index contributed by atoms with van der Waals surface area (Å²) in [5, 5.41) is 0. The summed E-state index contributed by atoms with van der Waals surface area (Å²) < 4.78 is 53.9. The first-order valence-electron chi connectivity index (χ1n) is 10.7. The molecule has 0 aromatic carbocycles. The molecule has 3 aromatic rings. The topological polar surface area (TPSA) is 91.5 Å². The van der Waals surface area contributed by atoms with Crippen LogP contribution in [0.1, 0.15) is 42.4 Å². The largest absolute Gasteiger partial charge is 0.466 e. The van der Waals surface area contributed by atoms with Gasteiger partial charge in [0.05, 0.1) is 25.6 Å². The average molecular weight is 636 g/mol. The SMILES string of the molecule is CCOC(=O)C(Cc1ccc(C(F)(F)F)o1)c1cncc(Br)c1.CCOC(=O)Cc1cncc(Br)c1. The van der Waals surface area contributed by atoms with E-state index < -0.39 is 23.8 Å². The van der Waals surface area contributed by atoms with Crippen LogP contribution in [0.2, 0.25) is 0 Å². The van der Waals surface area contributed by atoms with Crippen molar-refractivity contribution in [2.24, 2.45) is 0 Å². The minimum absolute atomic E-state index is 0.0486. The molecule has 1 unspecified atom stereocenters. The van der Waals surface area contributed by atoms with Gasteiger partial charge in [-0.3, -0.25) is 19.6 Å². The van der Waals surface area contributed by atoms with Crippen molar-refractivity contribution in [1.29, 1.82) is 0 Å². The average Bonchev–Trinajstić information content (AvgIpc) is 3.28. The number of ether oxygens (including phenoxy) is 2. The van der Waals surface area contributed by atoms with Crippen molar-refractivity contribution < 1.29 is 36.7 Å². The number of aromatic nitrogens is 2. The molecule has 3 aromatic heterocycles. The maximum absolute atomic E-state index is 12.6. The Bertz CT molecular complexity index is 1150. The van der Waals surface area contributed by atoms with Crippen LogP contribution < -0.4 is 0 Å². The van der Waals surface area contributed by atoms with Crippen molar-refractivity contribution in [3.05, 3.63) is 80.6 Å².